The van der Waals surface area contributed by atoms with Crippen LogP contribution in [-0.2, 0) is 4.79 Å². The highest BCUT2D eigenvalue weighted by atomic mass is 32.2. The van der Waals surface area contributed by atoms with Crippen molar-refractivity contribution in [3.63, 3.8) is 0 Å². The van der Waals surface area contributed by atoms with E-state index in [0.29, 0.717) is 5.25 Å². The molecule has 2 unspecified atom stereocenters. The van der Waals surface area contributed by atoms with Gasteiger partial charge in [-0.15, -0.1) is 0 Å². The molecule has 2 N–H and O–H groups in total. The summed E-state index contributed by atoms with van der Waals surface area (Å²) in [6.07, 6.45) is 3.59. The molecule has 2 atom stereocenters. The van der Waals surface area contributed by atoms with Gasteiger partial charge in [-0.3, -0.25) is 4.79 Å². The summed E-state index contributed by atoms with van der Waals surface area (Å²) in [7, 11) is 0. The average Bonchev–Trinajstić information content (AvgIpc) is 2.87. The van der Waals surface area contributed by atoms with E-state index in [1.165, 1.54) is 18.6 Å². The van der Waals surface area contributed by atoms with Crippen LogP contribution in [0, 0.1) is 5.92 Å². The quantitative estimate of drug-likeness (QED) is 0.723. The second-order valence-electron chi connectivity index (χ2n) is 4.07. The zero-order chi connectivity index (χ0) is 9.80. The number of carbonyl (C=O) groups is 1. The van der Waals surface area contributed by atoms with Crippen molar-refractivity contribution in [2.45, 2.75) is 24.5 Å². The fourth-order valence-electron chi connectivity index (χ4n) is 2.04. The second-order valence-corrected chi connectivity index (χ2v) is 5.48. The summed E-state index contributed by atoms with van der Waals surface area (Å²) < 4.78 is 0. The molecule has 3 nitrogen and oxygen atoms in total. The number of hydrogen-bond acceptors (Lipinski definition) is 3. The van der Waals surface area contributed by atoms with Gasteiger partial charge in [-0.2, -0.15) is 11.8 Å². The van der Waals surface area contributed by atoms with Crippen molar-refractivity contribution in [3.8, 4) is 0 Å². The van der Waals surface area contributed by atoms with Gasteiger partial charge in [0, 0.05) is 18.3 Å². The molecule has 2 aliphatic heterocycles. The molecular weight excluding hydrogens is 196 g/mol. The Labute approximate surface area is 89.4 Å². The molecule has 1 amide bonds. The van der Waals surface area contributed by atoms with E-state index in [1.807, 2.05) is 11.8 Å². The van der Waals surface area contributed by atoms with Gasteiger partial charge in [-0.05, 0) is 31.6 Å². The molecule has 0 aromatic rings. The number of rotatable bonds is 3. The Morgan fingerprint density at radius 2 is 2.43 bits per heavy atom. The fraction of sp³-hybridized carbons (Fsp3) is 0.900. The molecular formula is C10H18N2OS. The molecule has 0 spiro atoms. The van der Waals surface area contributed by atoms with Gasteiger partial charge in [-0.25, -0.2) is 0 Å². The van der Waals surface area contributed by atoms with Crippen molar-refractivity contribution in [1.82, 2.24) is 10.6 Å². The predicted octanol–water partition coefficient (Wildman–Crippen LogP) is 0.608. The van der Waals surface area contributed by atoms with E-state index in [-0.39, 0.29) is 11.8 Å². The molecule has 2 rings (SSSR count). The summed E-state index contributed by atoms with van der Waals surface area (Å²) in [6, 6.07) is 0. The topological polar surface area (TPSA) is 41.1 Å². The van der Waals surface area contributed by atoms with E-state index in [1.54, 1.807) is 0 Å². The van der Waals surface area contributed by atoms with Crippen molar-refractivity contribution < 1.29 is 4.79 Å². The molecule has 0 aliphatic carbocycles. The molecule has 14 heavy (non-hydrogen) atoms. The standard InChI is InChI=1S/C10H18N2OS/c13-10(8-3-4-11-6-8)12-7-9-2-1-5-14-9/h8-9,11H,1-7H2,(H,12,13). The van der Waals surface area contributed by atoms with Gasteiger partial charge in [0.2, 0.25) is 5.91 Å². The van der Waals surface area contributed by atoms with Crippen molar-refractivity contribution in [2.75, 3.05) is 25.4 Å². The van der Waals surface area contributed by atoms with Crippen LogP contribution in [0.2, 0.25) is 0 Å². The van der Waals surface area contributed by atoms with Gasteiger partial charge in [0.25, 0.3) is 0 Å². The first-order chi connectivity index (χ1) is 6.86. The monoisotopic (exact) mass is 214 g/mol. The number of hydrogen-bond donors (Lipinski definition) is 2. The molecule has 2 aliphatic rings. The van der Waals surface area contributed by atoms with Gasteiger partial charge in [0.15, 0.2) is 0 Å². The van der Waals surface area contributed by atoms with E-state index in [9.17, 15) is 4.79 Å². The minimum absolute atomic E-state index is 0.224. The lowest BCUT2D eigenvalue weighted by atomic mass is 10.1. The van der Waals surface area contributed by atoms with Crippen LogP contribution in [0.15, 0.2) is 0 Å². The Morgan fingerprint density at radius 1 is 1.50 bits per heavy atom. The lowest BCUT2D eigenvalue weighted by molar-refractivity contribution is -0.124. The SMILES string of the molecule is O=C(NCC1CCCS1)C1CCNC1. The van der Waals surface area contributed by atoms with Crippen LogP contribution in [0.5, 0.6) is 0 Å². The number of thioether (sulfide) groups is 1. The summed E-state index contributed by atoms with van der Waals surface area (Å²) in [4.78, 5) is 11.6. The van der Waals surface area contributed by atoms with Gasteiger partial charge in [0.05, 0.1) is 5.92 Å². The van der Waals surface area contributed by atoms with Gasteiger partial charge in [-0.1, -0.05) is 0 Å². The minimum atomic E-state index is 0.224. The number of amides is 1. The average molecular weight is 214 g/mol. The lowest BCUT2D eigenvalue weighted by Crippen LogP contribution is -2.35. The maximum Gasteiger partial charge on any atom is 0.224 e. The minimum Gasteiger partial charge on any atom is -0.355 e. The highest BCUT2D eigenvalue weighted by molar-refractivity contribution is 8.00. The molecule has 80 valence electrons. The van der Waals surface area contributed by atoms with E-state index in [0.717, 1.165) is 26.1 Å². The Hall–Kier alpha value is -0.220. The van der Waals surface area contributed by atoms with Crippen molar-refractivity contribution in [2.24, 2.45) is 5.92 Å². The molecule has 2 heterocycles. The van der Waals surface area contributed by atoms with Gasteiger partial charge < -0.3 is 10.6 Å². The van der Waals surface area contributed by atoms with E-state index in [4.69, 9.17) is 0 Å². The summed E-state index contributed by atoms with van der Waals surface area (Å²) in [5.41, 5.74) is 0. The highest BCUT2D eigenvalue weighted by Crippen LogP contribution is 2.25. The van der Waals surface area contributed by atoms with E-state index < -0.39 is 0 Å². The van der Waals surface area contributed by atoms with E-state index >= 15 is 0 Å². The van der Waals surface area contributed by atoms with Crippen LogP contribution in [-0.4, -0.2) is 36.5 Å². The summed E-state index contributed by atoms with van der Waals surface area (Å²) in [5, 5.41) is 6.96. The van der Waals surface area contributed by atoms with Crippen molar-refractivity contribution in [1.29, 1.82) is 0 Å². The maximum absolute atomic E-state index is 11.6. The molecule has 4 heteroatoms. The molecule has 0 saturated carbocycles. The smallest absolute Gasteiger partial charge is 0.224 e. The first-order valence-electron chi connectivity index (χ1n) is 5.46. The Bertz CT molecular complexity index is 198. The summed E-state index contributed by atoms with van der Waals surface area (Å²) in [5.74, 6) is 1.75. The zero-order valence-electron chi connectivity index (χ0n) is 8.42. The van der Waals surface area contributed by atoms with Crippen molar-refractivity contribution in [3.05, 3.63) is 0 Å². The van der Waals surface area contributed by atoms with Crippen LogP contribution in [0.1, 0.15) is 19.3 Å². The fourth-order valence-corrected chi connectivity index (χ4v) is 3.24. The molecule has 0 radical (unpaired) electrons. The third-order valence-corrected chi connectivity index (χ3v) is 4.36. The molecule has 0 bridgehead atoms. The number of carbonyl (C=O) groups excluding carboxylic acids is 1. The zero-order valence-corrected chi connectivity index (χ0v) is 9.24. The van der Waals surface area contributed by atoms with Gasteiger partial charge in [0.1, 0.15) is 0 Å². The summed E-state index contributed by atoms with van der Waals surface area (Å²) >= 11 is 2.00. The molecule has 2 fully saturated rings. The van der Waals surface area contributed by atoms with Crippen molar-refractivity contribution >= 4 is 17.7 Å². The molecule has 2 saturated heterocycles. The third-order valence-electron chi connectivity index (χ3n) is 2.96. The maximum atomic E-state index is 11.6. The van der Waals surface area contributed by atoms with Crippen LogP contribution in [0.4, 0.5) is 0 Å². The van der Waals surface area contributed by atoms with Crippen LogP contribution >= 0.6 is 11.8 Å². The lowest BCUT2D eigenvalue weighted by Gasteiger charge is -2.13. The summed E-state index contributed by atoms with van der Waals surface area (Å²) in [6.45, 7) is 2.74. The second kappa shape index (κ2) is 5.03. The highest BCUT2D eigenvalue weighted by Gasteiger charge is 2.23. The Morgan fingerprint density at radius 3 is 3.07 bits per heavy atom. The van der Waals surface area contributed by atoms with Gasteiger partial charge >= 0.3 is 0 Å². The predicted molar refractivity (Wildman–Crippen MR) is 59.5 cm³/mol. The Balaban J connectivity index is 1.66. The van der Waals surface area contributed by atoms with Crippen LogP contribution < -0.4 is 10.6 Å². The van der Waals surface area contributed by atoms with Crippen LogP contribution in [0.25, 0.3) is 0 Å². The first-order valence-corrected chi connectivity index (χ1v) is 6.51. The van der Waals surface area contributed by atoms with Crippen LogP contribution in [0.3, 0.4) is 0 Å². The normalized spacial score (nSPS) is 32.0. The molecule has 0 aromatic heterocycles. The largest absolute Gasteiger partial charge is 0.355 e. The Kier molecular flexibility index (Phi) is 3.70. The third kappa shape index (κ3) is 2.64. The number of nitrogens with one attached hydrogen (secondary N) is 2. The molecule has 0 aromatic carbocycles. The van der Waals surface area contributed by atoms with E-state index in [2.05, 4.69) is 10.6 Å². The first kappa shape index (κ1) is 10.3.